The largest absolute Gasteiger partial charge is 0.497 e. The molecule has 0 aliphatic carbocycles. The standard InChI is InChI=1S/C19H19ClN6O2/c1-27-8-7-25-12-14(9-22-25)19-21-10-16-17(23-19)18(20)26(24-16)11-13-3-5-15(28-2)6-4-13/h3-6,9-10,12H,7-8,11H2,1-2H3. The minimum atomic E-state index is 0.473. The summed E-state index contributed by atoms with van der Waals surface area (Å²) in [5, 5.41) is 9.30. The first-order valence-corrected chi connectivity index (χ1v) is 9.09. The molecule has 0 spiro atoms. The van der Waals surface area contributed by atoms with Crippen LogP contribution in [0.25, 0.3) is 22.4 Å². The molecule has 28 heavy (non-hydrogen) atoms. The van der Waals surface area contributed by atoms with Crippen molar-refractivity contribution in [2.75, 3.05) is 20.8 Å². The highest BCUT2D eigenvalue weighted by molar-refractivity contribution is 6.34. The van der Waals surface area contributed by atoms with Crippen molar-refractivity contribution in [3.8, 4) is 17.1 Å². The van der Waals surface area contributed by atoms with Gasteiger partial charge in [-0.3, -0.25) is 4.68 Å². The quantitative estimate of drug-likeness (QED) is 0.476. The number of rotatable bonds is 7. The SMILES string of the molecule is COCCn1cc(-c2ncc3nn(Cc4ccc(OC)cc4)c(Cl)c3n2)cn1. The van der Waals surface area contributed by atoms with Crippen LogP contribution in [-0.2, 0) is 17.8 Å². The average Bonchev–Trinajstić information content (AvgIpc) is 3.32. The van der Waals surface area contributed by atoms with Gasteiger partial charge in [-0.15, -0.1) is 0 Å². The highest BCUT2D eigenvalue weighted by Gasteiger charge is 2.14. The molecule has 0 fully saturated rings. The molecule has 0 amide bonds. The summed E-state index contributed by atoms with van der Waals surface area (Å²) in [6.45, 7) is 1.79. The average molecular weight is 399 g/mol. The molecule has 1 aromatic carbocycles. The molecule has 0 unspecified atom stereocenters. The van der Waals surface area contributed by atoms with Crippen molar-refractivity contribution < 1.29 is 9.47 Å². The second-order valence-corrected chi connectivity index (χ2v) is 6.57. The molecule has 0 aliphatic heterocycles. The Kier molecular flexibility index (Phi) is 5.23. The highest BCUT2D eigenvalue weighted by Crippen LogP contribution is 2.25. The lowest BCUT2D eigenvalue weighted by atomic mass is 10.2. The maximum atomic E-state index is 6.55. The van der Waals surface area contributed by atoms with E-state index in [0.717, 1.165) is 16.9 Å². The van der Waals surface area contributed by atoms with Crippen LogP contribution in [0.2, 0.25) is 5.15 Å². The summed E-state index contributed by atoms with van der Waals surface area (Å²) in [7, 11) is 3.30. The van der Waals surface area contributed by atoms with Gasteiger partial charge in [0.1, 0.15) is 16.8 Å². The number of benzene rings is 1. The topological polar surface area (TPSA) is 79.9 Å². The van der Waals surface area contributed by atoms with Gasteiger partial charge in [0.05, 0.1) is 44.8 Å². The Morgan fingerprint density at radius 3 is 2.68 bits per heavy atom. The van der Waals surface area contributed by atoms with Gasteiger partial charge in [0.25, 0.3) is 0 Å². The van der Waals surface area contributed by atoms with Gasteiger partial charge in [-0.05, 0) is 17.7 Å². The highest BCUT2D eigenvalue weighted by atomic mass is 35.5. The van der Waals surface area contributed by atoms with Crippen LogP contribution in [0.4, 0.5) is 0 Å². The van der Waals surface area contributed by atoms with E-state index in [4.69, 9.17) is 21.1 Å². The van der Waals surface area contributed by atoms with Gasteiger partial charge in [0, 0.05) is 13.3 Å². The molecule has 0 bridgehead atoms. The molecule has 0 N–H and O–H groups in total. The molecular weight excluding hydrogens is 380 g/mol. The van der Waals surface area contributed by atoms with Crippen LogP contribution in [0.3, 0.4) is 0 Å². The second-order valence-electron chi connectivity index (χ2n) is 6.21. The first-order valence-electron chi connectivity index (χ1n) is 8.71. The summed E-state index contributed by atoms with van der Waals surface area (Å²) < 4.78 is 13.8. The molecule has 0 aliphatic rings. The van der Waals surface area contributed by atoms with Crippen molar-refractivity contribution in [3.05, 3.63) is 53.6 Å². The van der Waals surface area contributed by atoms with E-state index in [2.05, 4.69) is 20.2 Å². The predicted octanol–water partition coefficient (Wildman–Crippen LogP) is 3.05. The summed E-state index contributed by atoms with van der Waals surface area (Å²) in [6, 6.07) is 7.78. The van der Waals surface area contributed by atoms with E-state index in [1.807, 2.05) is 30.5 Å². The monoisotopic (exact) mass is 398 g/mol. The zero-order chi connectivity index (χ0) is 19.5. The lowest BCUT2D eigenvalue weighted by Crippen LogP contribution is -2.03. The summed E-state index contributed by atoms with van der Waals surface area (Å²) in [6.07, 6.45) is 5.29. The van der Waals surface area contributed by atoms with Crippen LogP contribution in [0, 0.1) is 0 Å². The van der Waals surface area contributed by atoms with Crippen LogP contribution in [0.1, 0.15) is 5.56 Å². The number of methoxy groups -OCH3 is 2. The van der Waals surface area contributed by atoms with Crippen LogP contribution in [0.15, 0.2) is 42.9 Å². The van der Waals surface area contributed by atoms with Crippen molar-refractivity contribution in [1.82, 2.24) is 29.5 Å². The van der Waals surface area contributed by atoms with Gasteiger partial charge in [-0.2, -0.15) is 10.2 Å². The van der Waals surface area contributed by atoms with E-state index >= 15 is 0 Å². The molecule has 4 aromatic rings. The minimum absolute atomic E-state index is 0.473. The predicted molar refractivity (Wildman–Crippen MR) is 106 cm³/mol. The van der Waals surface area contributed by atoms with Gasteiger partial charge in [-0.1, -0.05) is 23.7 Å². The lowest BCUT2D eigenvalue weighted by molar-refractivity contribution is 0.183. The van der Waals surface area contributed by atoms with E-state index in [9.17, 15) is 0 Å². The fourth-order valence-corrected chi connectivity index (χ4v) is 3.07. The molecule has 0 radical (unpaired) electrons. The molecule has 144 valence electrons. The summed E-state index contributed by atoms with van der Waals surface area (Å²) in [5.41, 5.74) is 3.14. The van der Waals surface area contributed by atoms with E-state index in [1.165, 1.54) is 0 Å². The Labute approximate surface area is 166 Å². The first-order chi connectivity index (χ1) is 13.7. The van der Waals surface area contributed by atoms with Crippen molar-refractivity contribution >= 4 is 22.6 Å². The van der Waals surface area contributed by atoms with Gasteiger partial charge >= 0.3 is 0 Å². The summed E-state index contributed by atoms with van der Waals surface area (Å²) >= 11 is 6.55. The lowest BCUT2D eigenvalue weighted by Gasteiger charge is -2.04. The van der Waals surface area contributed by atoms with Crippen LogP contribution in [-0.4, -0.2) is 50.4 Å². The molecule has 0 atom stereocenters. The van der Waals surface area contributed by atoms with Crippen molar-refractivity contribution in [1.29, 1.82) is 0 Å². The van der Waals surface area contributed by atoms with Crippen LogP contribution >= 0.6 is 11.6 Å². The zero-order valence-corrected chi connectivity index (χ0v) is 16.3. The minimum Gasteiger partial charge on any atom is -0.497 e. The molecule has 4 rings (SSSR count). The number of hydrogen-bond donors (Lipinski definition) is 0. The molecule has 9 heteroatoms. The number of fused-ring (bicyclic) bond motifs is 1. The maximum absolute atomic E-state index is 6.55. The van der Waals surface area contributed by atoms with Crippen LogP contribution < -0.4 is 4.74 Å². The maximum Gasteiger partial charge on any atom is 0.163 e. The van der Waals surface area contributed by atoms with E-state index < -0.39 is 0 Å². The number of halogens is 1. The first kappa shape index (κ1) is 18.4. The number of ether oxygens (including phenoxy) is 2. The third-order valence-electron chi connectivity index (χ3n) is 4.33. The molecule has 3 heterocycles. The molecule has 8 nitrogen and oxygen atoms in total. The summed E-state index contributed by atoms with van der Waals surface area (Å²) in [5.74, 6) is 1.36. The third kappa shape index (κ3) is 3.69. The van der Waals surface area contributed by atoms with E-state index in [0.29, 0.717) is 41.7 Å². The van der Waals surface area contributed by atoms with Gasteiger partial charge in [0.2, 0.25) is 0 Å². The van der Waals surface area contributed by atoms with Crippen molar-refractivity contribution in [3.63, 3.8) is 0 Å². The Balaban J connectivity index is 1.61. The Hall–Kier alpha value is -2.97. The summed E-state index contributed by atoms with van der Waals surface area (Å²) in [4.78, 5) is 9.01. The molecule has 0 saturated heterocycles. The molecule has 0 saturated carbocycles. The molecular formula is C19H19ClN6O2. The van der Waals surface area contributed by atoms with E-state index in [1.54, 1.807) is 36.0 Å². The van der Waals surface area contributed by atoms with E-state index in [-0.39, 0.29) is 0 Å². The zero-order valence-electron chi connectivity index (χ0n) is 15.5. The molecule has 3 aromatic heterocycles. The fourth-order valence-electron chi connectivity index (χ4n) is 2.83. The number of nitrogens with zero attached hydrogens (tertiary/aromatic N) is 6. The number of hydrogen-bond acceptors (Lipinski definition) is 6. The van der Waals surface area contributed by atoms with Crippen molar-refractivity contribution in [2.24, 2.45) is 0 Å². The van der Waals surface area contributed by atoms with Gasteiger partial charge in [-0.25, -0.2) is 14.6 Å². The smallest absolute Gasteiger partial charge is 0.163 e. The Bertz CT molecular complexity index is 1090. The van der Waals surface area contributed by atoms with Gasteiger partial charge < -0.3 is 9.47 Å². The fraction of sp³-hybridized carbons (Fsp3) is 0.263. The second kappa shape index (κ2) is 7.95. The Morgan fingerprint density at radius 2 is 1.93 bits per heavy atom. The Morgan fingerprint density at radius 1 is 1.11 bits per heavy atom. The van der Waals surface area contributed by atoms with Gasteiger partial charge in [0.15, 0.2) is 11.0 Å². The third-order valence-corrected chi connectivity index (χ3v) is 4.70. The number of aromatic nitrogens is 6. The van der Waals surface area contributed by atoms with Crippen LogP contribution in [0.5, 0.6) is 5.75 Å². The van der Waals surface area contributed by atoms with Crippen molar-refractivity contribution in [2.45, 2.75) is 13.1 Å². The normalized spacial score (nSPS) is 11.2.